The van der Waals surface area contributed by atoms with Crippen LogP contribution in [-0.2, 0) is 25.9 Å². The normalized spacial score (nSPS) is 16.1. The number of hydrogen-bond donors (Lipinski definition) is 1. The van der Waals surface area contributed by atoms with Crippen LogP contribution in [0.25, 0.3) is 0 Å². The Labute approximate surface area is 169 Å². The van der Waals surface area contributed by atoms with E-state index in [1.807, 2.05) is 43.3 Å². The predicted octanol–water partition coefficient (Wildman–Crippen LogP) is 2.19. The van der Waals surface area contributed by atoms with Gasteiger partial charge in [0.15, 0.2) is 0 Å². The molecule has 0 radical (unpaired) electrons. The number of fused-ring (bicyclic) bond motifs is 1. The van der Waals surface area contributed by atoms with E-state index in [4.69, 9.17) is 0 Å². The largest absolute Gasteiger partial charge is 0.349 e. The van der Waals surface area contributed by atoms with Gasteiger partial charge in [0.25, 0.3) is 5.91 Å². The summed E-state index contributed by atoms with van der Waals surface area (Å²) in [6.45, 7) is 3.02. The van der Waals surface area contributed by atoms with Crippen LogP contribution in [-0.4, -0.2) is 31.3 Å². The van der Waals surface area contributed by atoms with Gasteiger partial charge in [-0.05, 0) is 42.5 Å². The van der Waals surface area contributed by atoms with Crippen molar-refractivity contribution < 1.29 is 4.79 Å². The van der Waals surface area contributed by atoms with Crippen molar-refractivity contribution in [1.82, 2.24) is 24.6 Å². The topological polar surface area (TPSA) is 81.8 Å². The SMILES string of the molecule is CCc1ccccc1C(=O)NC1CCc2nn(Cc3cccnc3)c(=O)n2CC1. The fourth-order valence-corrected chi connectivity index (χ4v) is 3.85. The lowest BCUT2D eigenvalue weighted by molar-refractivity contribution is 0.0932. The number of nitrogens with one attached hydrogen (secondary N) is 1. The molecule has 3 heterocycles. The zero-order valence-electron chi connectivity index (χ0n) is 16.5. The fourth-order valence-electron chi connectivity index (χ4n) is 3.85. The third-order valence-corrected chi connectivity index (χ3v) is 5.45. The van der Waals surface area contributed by atoms with Gasteiger partial charge in [-0.15, -0.1) is 0 Å². The Bertz CT molecular complexity index is 1050. The van der Waals surface area contributed by atoms with Crippen molar-refractivity contribution in [3.05, 3.63) is 81.8 Å². The summed E-state index contributed by atoms with van der Waals surface area (Å²) >= 11 is 0. The van der Waals surface area contributed by atoms with Gasteiger partial charge in [-0.25, -0.2) is 9.48 Å². The number of carbonyl (C=O) groups is 1. The summed E-state index contributed by atoms with van der Waals surface area (Å²) in [5, 5.41) is 7.68. The van der Waals surface area contributed by atoms with E-state index in [0.29, 0.717) is 25.9 Å². The molecule has 0 spiro atoms. The maximum absolute atomic E-state index is 12.8. The third kappa shape index (κ3) is 4.13. The zero-order valence-corrected chi connectivity index (χ0v) is 16.5. The Morgan fingerprint density at radius 3 is 2.86 bits per heavy atom. The highest BCUT2D eigenvalue weighted by Gasteiger charge is 2.23. The van der Waals surface area contributed by atoms with Gasteiger partial charge in [0.2, 0.25) is 0 Å². The first-order valence-corrected chi connectivity index (χ1v) is 10.1. The molecule has 1 unspecified atom stereocenters. The smallest absolute Gasteiger partial charge is 0.346 e. The first kappa shape index (κ1) is 19.1. The molecule has 29 heavy (non-hydrogen) atoms. The molecule has 1 atom stereocenters. The Morgan fingerprint density at radius 2 is 2.07 bits per heavy atom. The summed E-state index contributed by atoms with van der Waals surface area (Å²) in [5.74, 6) is 0.741. The summed E-state index contributed by atoms with van der Waals surface area (Å²) in [5.41, 5.74) is 2.62. The minimum absolute atomic E-state index is 0.0280. The van der Waals surface area contributed by atoms with Crippen LogP contribution in [0.15, 0.2) is 53.6 Å². The lowest BCUT2D eigenvalue weighted by Gasteiger charge is -2.17. The van der Waals surface area contributed by atoms with Crippen LogP contribution in [0.2, 0.25) is 0 Å². The highest BCUT2D eigenvalue weighted by Crippen LogP contribution is 2.15. The number of benzene rings is 1. The Kier molecular flexibility index (Phi) is 5.55. The van der Waals surface area contributed by atoms with Gasteiger partial charge in [0.1, 0.15) is 5.82 Å². The van der Waals surface area contributed by atoms with Crippen LogP contribution in [0.4, 0.5) is 0 Å². The average Bonchev–Trinajstić information content (AvgIpc) is 2.91. The van der Waals surface area contributed by atoms with Crippen LogP contribution in [0.1, 0.15) is 47.1 Å². The Morgan fingerprint density at radius 1 is 1.21 bits per heavy atom. The lowest BCUT2D eigenvalue weighted by atomic mass is 10.0. The van der Waals surface area contributed by atoms with Crippen molar-refractivity contribution >= 4 is 5.91 Å². The van der Waals surface area contributed by atoms with E-state index in [2.05, 4.69) is 15.4 Å². The maximum atomic E-state index is 12.8. The van der Waals surface area contributed by atoms with Crippen LogP contribution in [0.5, 0.6) is 0 Å². The molecule has 0 fully saturated rings. The first-order valence-electron chi connectivity index (χ1n) is 10.1. The molecule has 1 N–H and O–H groups in total. The molecular formula is C22H25N5O2. The van der Waals surface area contributed by atoms with Gasteiger partial charge >= 0.3 is 5.69 Å². The molecule has 4 rings (SSSR count). The maximum Gasteiger partial charge on any atom is 0.346 e. The van der Waals surface area contributed by atoms with E-state index >= 15 is 0 Å². The molecule has 1 aliphatic heterocycles. The van der Waals surface area contributed by atoms with Crippen molar-refractivity contribution in [2.24, 2.45) is 0 Å². The second-order valence-corrected chi connectivity index (χ2v) is 7.38. The van der Waals surface area contributed by atoms with Gasteiger partial charge in [-0.3, -0.25) is 14.3 Å². The number of nitrogens with zero attached hydrogens (tertiary/aromatic N) is 4. The van der Waals surface area contributed by atoms with Gasteiger partial charge < -0.3 is 5.32 Å². The number of aryl methyl sites for hydroxylation is 2. The van der Waals surface area contributed by atoms with E-state index < -0.39 is 0 Å². The first-order chi connectivity index (χ1) is 14.2. The summed E-state index contributed by atoms with van der Waals surface area (Å²) in [4.78, 5) is 29.6. The Hall–Kier alpha value is -3.22. The summed E-state index contributed by atoms with van der Waals surface area (Å²) in [6.07, 6.45) is 6.42. The van der Waals surface area contributed by atoms with Crippen LogP contribution < -0.4 is 11.0 Å². The molecule has 1 aromatic carbocycles. The molecule has 0 aliphatic carbocycles. The molecule has 0 bridgehead atoms. The number of rotatable bonds is 5. The number of amides is 1. The lowest BCUT2D eigenvalue weighted by Crippen LogP contribution is -2.36. The molecule has 3 aromatic rings. The molecule has 0 saturated heterocycles. The molecular weight excluding hydrogens is 366 g/mol. The highest BCUT2D eigenvalue weighted by molar-refractivity contribution is 5.95. The monoisotopic (exact) mass is 391 g/mol. The second-order valence-electron chi connectivity index (χ2n) is 7.38. The van der Waals surface area contributed by atoms with Crippen molar-refractivity contribution in [3.63, 3.8) is 0 Å². The van der Waals surface area contributed by atoms with Gasteiger partial charge in [0, 0.05) is 37.0 Å². The molecule has 1 amide bonds. The van der Waals surface area contributed by atoms with Crippen molar-refractivity contribution in [2.45, 2.75) is 51.7 Å². The minimum Gasteiger partial charge on any atom is -0.349 e. The summed E-state index contributed by atoms with van der Waals surface area (Å²) in [6, 6.07) is 11.5. The van der Waals surface area contributed by atoms with Crippen molar-refractivity contribution in [3.8, 4) is 0 Å². The fraction of sp³-hybridized carbons (Fsp3) is 0.364. The second kappa shape index (κ2) is 8.43. The van der Waals surface area contributed by atoms with Crippen molar-refractivity contribution in [1.29, 1.82) is 0 Å². The molecule has 150 valence electrons. The van der Waals surface area contributed by atoms with E-state index in [0.717, 1.165) is 35.4 Å². The van der Waals surface area contributed by atoms with E-state index in [-0.39, 0.29) is 17.6 Å². The average molecular weight is 391 g/mol. The number of hydrogen-bond acceptors (Lipinski definition) is 4. The third-order valence-electron chi connectivity index (χ3n) is 5.45. The molecule has 0 saturated carbocycles. The number of carbonyl (C=O) groups excluding carboxylic acids is 1. The Balaban J connectivity index is 1.44. The van der Waals surface area contributed by atoms with E-state index in [1.54, 1.807) is 17.0 Å². The molecule has 7 nitrogen and oxygen atoms in total. The van der Waals surface area contributed by atoms with Gasteiger partial charge in [0.05, 0.1) is 6.54 Å². The number of pyridine rings is 1. The molecule has 2 aromatic heterocycles. The van der Waals surface area contributed by atoms with Crippen LogP contribution in [0, 0.1) is 0 Å². The van der Waals surface area contributed by atoms with Crippen LogP contribution >= 0.6 is 0 Å². The summed E-state index contributed by atoms with van der Waals surface area (Å²) in [7, 11) is 0. The summed E-state index contributed by atoms with van der Waals surface area (Å²) < 4.78 is 3.24. The zero-order chi connectivity index (χ0) is 20.2. The standard InChI is InChI=1S/C22H25N5O2/c1-2-17-7-3-4-8-19(17)21(28)24-18-9-10-20-25-27(22(29)26(20)13-11-18)15-16-6-5-12-23-14-16/h3-8,12,14,18H,2,9-11,13,15H2,1H3,(H,24,28). The van der Waals surface area contributed by atoms with Crippen molar-refractivity contribution in [2.75, 3.05) is 0 Å². The number of aromatic nitrogens is 4. The van der Waals surface area contributed by atoms with Gasteiger partial charge in [-0.2, -0.15) is 5.10 Å². The van der Waals surface area contributed by atoms with Crippen LogP contribution in [0.3, 0.4) is 0 Å². The van der Waals surface area contributed by atoms with E-state index in [1.165, 1.54) is 4.68 Å². The molecule has 1 aliphatic rings. The highest BCUT2D eigenvalue weighted by atomic mass is 16.2. The molecule has 7 heteroatoms. The minimum atomic E-state index is -0.104. The predicted molar refractivity (Wildman–Crippen MR) is 110 cm³/mol. The van der Waals surface area contributed by atoms with E-state index in [9.17, 15) is 9.59 Å². The van der Waals surface area contributed by atoms with Gasteiger partial charge in [-0.1, -0.05) is 31.2 Å². The quantitative estimate of drug-likeness (QED) is 0.723.